The quantitative estimate of drug-likeness (QED) is 0.102. The van der Waals surface area contributed by atoms with E-state index >= 15 is 4.39 Å². The first-order valence-electron chi connectivity index (χ1n) is 14.1. The Labute approximate surface area is 294 Å². The average Bonchev–Trinajstić information content (AvgIpc) is 3.50. The number of halogens is 3. The van der Waals surface area contributed by atoms with Gasteiger partial charge in [-0.3, -0.25) is 9.69 Å². The molecule has 1 unspecified atom stereocenters. The van der Waals surface area contributed by atoms with Gasteiger partial charge in [0.1, 0.15) is 42.5 Å². The fourth-order valence-corrected chi connectivity index (χ4v) is 4.67. The number of ether oxygens (including phenoxy) is 2. The van der Waals surface area contributed by atoms with Crippen LogP contribution in [0.25, 0.3) is 0 Å². The number of amides is 1. The Kier molecular flexibility index (Phi) is 13.1. The number of benzene rings is 1. The first-order chi connectivity index (χ1) is 22.3. The van der Waals surface area contributed by atoms with Crippen LogP contribution >= 0.6 is 0 Å². The minimum atomic E-state index is -2.19. The van der Waals surface area contributed by atoms with Crippen LogP contribution in [0.5, 0.6) is 0 Å². The second-order valence-electron chi connectivity index (χ2n) is 10.5. The van der Waals surface area contributed by atoms with Crippen molar-refractivity contribution in [3.05, 3.63) is 96.0 Å². The summed E-state index contributed by atoms with van der Waals surface area (Å²) in [6.07, 6.45) is 3.27. The van der Waals surface area contributed by atoms with Crippen molar-refractivity contribution < 1.29 is 81.4 Å². The summed E-state index contributed by atoms with van der Waals surface area (Å²) in [6.45, 7) is 2.19. The molecule has 0 bridgehead atoms. The summed E-state index contributed by atoms with van der Waals surface area (Å²) in [5.41, 5.74) is -2.40. The van der Waals surface area contributed by atoms with Gasteiger partial charge in [-0.25, -0.2) is 32.9 Å². The first-order valence-corrected chi connectivity index (χ1v) is 14.1. The molecule has 248 valence electrons. The number of hydrogen-bond donors (Lipinski definition) is 1. The molecule has 4 aromatic rings. The van der Waals surface area contributed by atoms with Crippen LogP contribution in [0.3, 0.4) is 0 Å². The molecule has 0 aliphatic rings. The van der Waals surface area contributed by atoms with Crippen molar-refractivity contribution >= 4 is 23.8 Å². The second kappa shape index (κ2) is 16.6. The summed E-state index contributed by atoms with van der Waals surface area (Å²) in [4.78, 5) is 48.2. The molecule has 4 rings (SSSR count). The predicted molar refractivity (Wildman–Crippen MR) is 151 cm³/mol. The van der Waals surface area contributed by atoms with Crippen molar-refractivity contribution in [2.45, 2.75) is 57.6 Å². The van der Waals surface area contributed by atoms with E-state index in [9.17, 15) is 33.4 Å². The van der Waals surface area contributed by atoms with Gasteiger partial charge in [0.25, 0.3) is 6.33 Å². The van der Waals surface area contributed by atoms with Crippen LogP contribution in [0.4, 0.5) is 23.8 Å². The van der Waals surface area contributed by atoms with E-state index in [2.05, 4.69) is 20.1 Å². The van der Waals surface area contributed by atoms with Crippen LogP contribution < -0.4 is 44.1 Å². The topological polar surface area (TPSA) is 177 Å². The van der Waals surface area contributed by atoms with Crippen LogP contribution in [0.15, 0.2) is 61.7 Å². The van der Waals surface area contributed by atoms with Crippen molar-refractivity contribution in [3.63, 3.8) is 0 Å². The van der Waals surface area contributed by atoms with Crippen molar-refractivity contribution in [1.29, 1.82) is 0 Å². The van der Waals surface area contributed by atoms with E-state index in [1.807, 2.05) is 0 Å². The molecule has 3 heterocycles. The number of rotatable bonds is 13. The number of aliphatic carboxylic acids is 1. The average molecular weight is 681 g/mol. The van der Waals surface area contributed by atoms with Gasteiger partial charge in [-0.1, -0.05) is 19.1 Å². The molecule has 18 heteroatoms. The van der Waals surface area contributed by atoms with Gasteiger partial charge in [-0.05, 0) is 18.6 Å². The summed E-state index contributed by atoms with van der Waals surface area (Å²) in [6, 6.07) is 5.72. The van der Waals surface area contributed by atoms with Crippen molar-refractivity contribution in [1.82, 2.24) is 24.7 Å². The molecule has 48 heavy (non-hydrogen) atoms. The number of esters is 1. The number of carbonyl (C=O) groups is 3. The number of pyridine rings is 1. The van der Waals surface area contributed by atoms with Crippen LogP contribution in [0.1, 0.15) is 55.7 Å². The maximum atomic E-state index is 15.0. The van der Waals surface area contributed by atoms with E-state index in [1.165, 1.54) is 49.0 Å². The number of nitrogens with zero attached hydrogens (tertiary/aromatic N) is 7. The Bertz CT molecular complexity index is 1770. The molecule has 14 nitrogen and oxygen atoms in total. The summed E-state index contributed by atoms with van der Waals surface area (Å²) >= 11 is 0. The van der Waals surface area contributed by atoms with E-state index in [4.69, 9.17) is 9.47 Å². The number of anilines is 1. The maximum Gasteiger partial charge on any atom is 1.00 e. The van der Waals surface area contributed by atoms with E-state index in [1.54, 1.807) is 12.1 Å². The van der Waals surface area contributed by atoms with E-state index < -0.39 is 66.2 Å². The van der Waals surface area contributed by atoms with Gasteiger partial charge in [0.15, 0.2) is 5.82 Å². The van der Waals surface area contributed by atoms with Crippen LogP contribution in [0, 0.1) is 17.5 Å². The van der Waals surface area contributed by atoms with Crippen LogP contribution in [0.2, 0.25) is 0 Å². The predicted octanol–water partition coefficient (Wildman–Crippen LogP) is -1.17. The summed E-state index contributed by atoms with van der Waals surface area (Å²) in [7, 11) is 1.37. The molecular weight excluding hydrogens is 650 g/mol. The third-order valence-electron chi connectivity index (χ3n) is 7.30. The molecule has 0 saturated heterocycles. The zero-order valence-electron chi connectivity index (χ0n) is 26.4. The summed E-state index contributed by atoms with van der Waals surface area (Å²) in [5, 5.41) is 26.6. The van der Waals surface area contributed by atoms with Gasteiger partial charge < -0.3 is 24.5 Å². The standard InChI is InChI=1S/C30H30F3N7O7.Na/c1-18(27-24(33)12-34-15-36-27)30(45,22-7-6-21(31)11-23(22)32)14-40-17-39(16-37-40)19(2)47-29(44)38(3)28-20(5-4-10-35-28)13-46-26(43)9-8-25(41)42;/h4-7,10-12,15-19,45H,8-9,13-14H2,1-3H3;/q;+1/t18-,19?,30+;/m0./s1. The molecule has 1 aromatic carbocycles. The van der Waals surface area contributed by atoms with Gasteiger partial charge in [-0.15, -0.1) is 4.68 Å². The van der Waals surface area contributed by atoms with Crippen LogP contribution in [-0.2, 0) is 37.8 Å². The van der Waals surface area contributed by atoms with Gasteiger partial charge in [0.2, 0.25) is 12.6 Å². The van der Waals surface area contributed by atoms with Crippen molar-refractivity contribution in [2.24, 2.45) is 0 Å². The minimum absolute atomic E-state index is 0. The fraction of sp³-hybridized carbons (Fsp3) is 0.333. The zero-order chi connectivity index (χ0) is 34.3. The van der Waals surface area contributed by atoms with Crippen molar-refractivity contribution in [2.75, 3.05) is 11.9 Å². The number of aliphatic hydroxyl groups is 1. The normalized spacial score (nSPS) is 13.4. The molecule has 3 aromatic heterocycles. The summed E-state index contributed by atoms with van der Waals surface area (Å²) < 4.78 is 56.6. The smallest absolute Gasteiger partial charge is 0.550 e. The second-order valence-corrected chi connectivity index (χ2v) is 10.5. The number of carbonyl (C=O) groups excluding carboxylic acids is 3. The van der Waals surface area contributed by atoms with Crippen LogP contribution in [-0.4, -0.2) is 54.9 Å². The largest absolute Gasteiger partial charge is 1.00 e. The number of carboxylic acids is 1. The molecule has 3 atom stereocenters. The third kappa shape index (κ3) is 9.12. The SMILES string of the molecule is CC(OC(=O)N(C)c1ncccc1COC(=O)CCC(=O)[O-])[n+]1cnn(C[C@](O)(c2ccc(F)cc2F)[C@@H](C)c2ncncc2F)c1.[Na+]. The van der Waals surface area contributed by atoms with Gasteiger partial charge in [0.05, 0.1) is 18.3 Å². The molecule has 0 radical (unpaired) electrons. The zero-order valence-corrected chi connectivity index (χ0v) is 28.4. The molecule has 0 aliphatic heterocycles. The van der Waals surface area contributed by atoms with Crippen molar-refractivity contribution in [3.8, 4) is 0 Å². The Hall–Kier alpha value is -4.45. The number of carboxylic acid groups (broad SMARTS) is 1. The molecule has 0 saturated carbocycles. The minimum Gasteiger partial charge on any atom is -0.550 e. The Morgan fingerprint density at radius 1 is 1.12 bits per heavy atom. The molecule has 1 N–H and O–H groups in total. The molecule has 0 spiro atoms. The molecule has 1 amide bonds. The monoisotopic (exact) mass is 680 g/mol. The molecule has 0 aliphatic carbocycles. The van der Waals surface area contributed by atoms with Gasteiger partial charge >= 0.3 is 41.6 Å². The maximum absolute atomic E-state index is 15.0. The van der Waals surface area contributed by atoms with E-state index in [0.29, 0.717) is 11.6 Å². The molecule has 0 fully saturated rings. The fourth-order valence-electron chi connectivity index (χ4n) is 4.67. The van der Waals surface area contributed by atoms with E-state index in [0.717, 1.165) is 29.6 Å². The van der Waals surface area contributed by atoms with E-state index in [-0.39, 0.29) is 59.7 Å². The third-order valence-corrected chi connectivity index (χ3v) is 7.30. The number of hydrogen-bond acceptors (Lipinski definition) is 11. The molecular formula is C30H30F3N7NaO7+. The summed E-state index contributed by atoms with van der Waals surface area (Å²) in [5.74, 6) is -6.02. The Morgan fingerprint density at radius 3 is 2.56 bits per heavy atom. The first kappa shape index (κ1) is 38.0. The van der Waals surface area contributed by atoms with Gasteiger partial charge in [-0.2, -0.15) is 4.57 Å². The Morgan fingerprint density at radius 2 is 1.88 bits per heavy atom. The Balaban J connectivity index is 0.00000625. The van der Waals surface area contributed by atoms with Gasteiger partial charge in [0, 0.05) is 54.3 Å². The number of aromatic nitrogens is 6.